The smallest absolute Gasteiger partial charge is 0.0745 e. The van der Waals surface area contributed by atoms with Crippen LogP contribution in [0, 0.1) is 0 Å². The van der Waals surface area contributed by atoms with E-state index < -0.39 is 5.60 Å². The van der Waals surface area contributed by atoms with Crippen molar-refractivity contribution in [3.8, 4) is 0 Å². The zero-order chi connectivity index (χ0) is 9.90. The number of halogens is 1. The Labute approximate surface area is 91.5 Å². The quantitative estimate of drug-likeness (QED) is 0.807. The molecule has 0 amide bonds. The molecule has 1 unspecified atom stereocenters. The molecular formula is C11H18ClNO. The standard InChI is InChI=1S/C11H17NO.ClH/c1-11(2,13)10(12)8-9-6-4-3-5-7-9;/h3-7,10,13H,8,12H2,1-2H3;1H. The molecule has 0 saturated heterocycles. The molecule has 0 bridgehead atoms. The maximum atomic E-state index is 9.62. The monoisotopic (exact) mass is 215 g/mol. The van der Waals surface area contributed by atoms with Crippen molar-refractivity contribution < 1.29 is 5.11 Å². The summed E-state index contributed by atoms with van der Waals surface area (Å²) in [5.74, 6) is 0. The summed E-state index contributed by atoms with van der Waals surface area (Å²) >= 11 is 0. The molecule has 0 spiro atoms. The maximum Gasteiger partial charge on any atom is 0.0745 e. The number of benzene rings is 1. The predicted octanol–water partition coefficient (Wildman–Crippen LogP) is 1.75. The van der Waals surface area contributed by atoms with E-state index in [1.54, 1.807) is 13.8 Å². The van der Waals surface area contributed by atoms with Gasteiger partial charge in [0.05, 0.1) is 5.60 Å². The molecule has 1 aromatic rings. The van der Waals surface area contributed by atoms with Gasteiger partial charge in [0.2, 0.25) is 0 Å². The fourth-order valence-corrected chi connectivity index (χ4v) is 1.12. The fraction of sp³-hybridized carbons (Fsp3) is 0.455. The second-order valence-electron chi connectivity index (χ2n) is 3.95. The van der Waals surface area contributed by atoms with E-state index in [1.807, 2.05) is 30.3 Å². The van der Waals surface area contributed by atoms with E-state index in [9.17, 15) is 5.11 Å². The summed E-state index contributed by atoms with van der Waals surface area (Å²) in [6, 6.07) is 9.75. The minimum atomic E-state index is -0.810. The van der Waals surface area contributed by atoms with Crippen LogP contribution in [0.3, 0.4) is 0 Å². The van der Waals surface area contributed by atoms with Crippen LogP contribution in [-0.2, 0) is 6.42 Å². The Kier molecular flexibility index (Phi) is 5.13. The maximum absolute atomic E-state index is 9.62. The van der Waals surface area contributed by atoms with E-state index in [0.29, 0.717) is 6.42 Å². The van der Waals surface area contributed by atoms with E-state index >= 15 is 0 Å². The van der Waals surface area contributed by atoms with Crippen LogP contribution in [0.4, 0.5) is 0 Å². The van der Waals surface area contributed by atoms with Crippen molar-refractivity contribution >= 4 is 12.4 Å². The third-order valence-electron chi connectivity index (χ3n) is 2.21. The number of nitrogens with two attached hydrogens (primary N) is 1. The van der Waals surface area contributed by atoms with Gasteiger partial charge in [-0.25, -0.2) is 0 Å². The van der Waals surface area contributed by atoms with Gasteiger partial charge in [0.15, 0.2) is 0 Å². The highest BCUT2D eigenvalue weighted by atomic mass is 35.5. The lowest BCUT2D eigenvalue weighted by Gasteiger charge is -2.25. The largest absolute Gasteiger partial charge is 0.389 e. The molecule has 3 heteroatoms. The number of hydrogen-bond donors (Lipinski definition) is 2. The van der Waals surface area contributed by atoms with Gasteiger partial charge in [-0.05, 0) is 25.8 Å². The van der Waals surface area contributed by atoms with Crippen LogP contribution in [0.5, 0.6) is 0 Å². The molecular weight excluding hydrogens is 198 g/mol. The molecule has 80 valence electrons. The summed E-state index contributed by atoms with van der Waals surface area (Å²) < 4.78 is 0. The lowest BCUT2D eigenvalue weighted by Crippen LogP contribution is -2.44. The lowest BCUT2D eigenvalue weighted by molar-refractivity contribution is 0.0521. The van der Waals surface area contributed by atoms with E-state index in [-0.39, 0.29) is 18.4 Å². The molecule has 1 rings (SSSR count). The van der Waals surface area contributed by atoms with Crippen molar-refractivity contribution in [2.75, 3.05) is 0 Å². The van der Waals surface area contributed by atoms with E-state index in [0.717, 1.165) is 5.56 Å². The van der Waals surface area contributed by atoms with E-state index in [4.69, 9.17) is 5.73 Å². The lowest BCUT2D eigenvalue weighted by atomic mass is 9.93. The second-order valence-corrected chi connectivity index (χ2v) is 3.95. The van der Waals surface area contributed by atoms with Gasteiger partial charge in [0.25, 0.3) is 0 Å². The first-order valence-electron chi connectivity index (χ1n) is 4.52. The van der Waals surface area contributed by atoms with Crippen molar-refractivity contribution in [3.63, 3.8) is 0 Å². The van der Waals surface area contributed by atoms with Gasteiger partial charge >= 0.3 is 0 Å². The van der Waals surface area contributed by atoms with Gasteiger partial charge in [-0.1, -0.05) is 30.3 Å². The second kappa shape index (κ2) is 5.35. The van der Waals surface area contributed by atoms with Crippen LogP contribution < -0.4 is 5.73 Å². The zero-order valence-corrected chi connectivity index (χ0v) is 9.42. The van der Waals surface area contributed by atoms with Crippen molar-refractivity contribution in [2.24, 2.45) is 5.73 Å². The summed E-state index contributed by atoms with van der Waals surface area (Å²) in [4.78, 5) is 0. The summed E-state index contributed by atoms with van der Waals surface area (Å²) in [5, 5.41) is 9.62. The normalized spacial score (nSPS) is 13.1. The first-order valence-corrected chi connectivity index (χ1v) is 4.52. The number of hydrogen-bond acceptors (Lipinski definition) is 2. The molecule has 1 aromatic carbocycles. The molecule has 14 heavy (non-hydrogen) atoms. The Morgan fingerprint density at radius 2 is 1.79 bits per heavy atom. The Hall–Kier alpha value is -0.570. The fourth-order valence-electron chi connectivity index (χ4n) is 1.12. The zero-order valence-electron chi connectivity index (χ0n) is 8.60. The van der Waals surface area contributed by atoms with Gasteiger partial charge in [-0.15, -0.1) is 12.4 Å². The van der Waals surface area contributed by atoms with Crippen LogP contribution in [0.25, 0.3) is 0 Å². The van der Waals surface area contributed by atoms with Gasteiger partial charge in [-0.2, -0.15) is 0 Å². The van der Waals surface area contributed by atoms with Crippen LogP contribution in [0.2, 0.25) is 0 Å². The van der Waals surface area contributed by atoms with Crippen molar-refractivity contribution in [3.05, 3.63) is 35.9 Å². The summed E-state index contributed by atoms with van der Waals surface area (Å²) in [6.07, 6.45) is 0.713. The molecule has 0 aliphatic rings. The summed E-state index contributed by atoms with van der Waals surface area (Å²) in [5.41, 5.74) is 6.19. The molecule has 0 aliphatic carbocycles. The van der Waals surface area contributed by atoms with E-state index in [1.165, 1.54) is 0 Å². The van der Waals surface area contributed by atoms with E-state index in [2.05, 4.69) is 0 Å². The third kappa shape index (κ3) is 4.09. The topological polar surface area (TPSA) is 46.2 Å². The Balaban J connectivity index is 0.00000169. The highest BCUT2D eigenvalue weighted by molar-refractivity contribution is 5.85. The number of aliphatic hydroxyl groups is 1. The third-order valence-corrected chi connectivity index (χ3v) is 2.21. The van der Waals surface area contributed by atoms with Gasteiger partial charge in [0, 0.05) is 6.04 Å². The minimum Gasteiger partial charge on any atom is -0.389 e. The molecule has 3 N–H and O–H groups in total. The van der Waals surface area contributed by atoms with Crippen molar-refractivity contribution in [1.29, 1.82) is 0 Å². The van der Waals surface area contributed by atoms with Crippen LogP contribution in [0.15, 0.2) is 30.3 Å². The molecule has 1 atom stereocenters. The van der Waals surface area contributed by atoms with Gasteiger partial charge in [0.1, 0.15) is 0 Å². The highest BCUT2D eigenvalue weighted by Crippen LogP contribution is 2.11. The van der Waals surface area contributed by atoms with Crippen LogP contribution in [0.1, 0.15) is 19.4 Å². The SMILES string of the molecule is CC(C)(O)C(N)Cc1ccccc1.Cl. The highest BCUT2D eigenvalue weighted by Gasteiger charge is 2.22. The molecule has 0 saturated carbocycles. The number of rotatable bonds is 3. The molecule has 2 nitrogen and oxygen atoms in total. The molecule has 0 heterocycles. The average molecular weight is 216 g/mol. The predicted molar refractivity (Wildman–Crippen MR) is 61.7 cm³/mol. The Morgan fingerprint density at radius 3 is 2.21 bits per heavy atom. The summed E-state index contributed by atoms with van der Waals surface area (Å²) in [6.45, 7) is 3.47. The Morgan fingerprint density at radius 1 is 1.29 bits per heavy atom. The molecule has 0 fully saturated rings. The first kappa shape index (κ1) is 13.4. The van der Waals surface area contributed by atoms with Crippen LogP contribution >= 0.6 is 12.4 Å². The average Bonchev–Trinajstić information content (AvgIpc) is 2.04. The first-order chi connectivity index (χ1) is 6.00. The molecule has 0 aromatic heterocycles. The molecule has 0 aliphatic heterocycles. The van der Waals surface area contributed by atoms with Crippen LogP contribution in [-0.4, -0.2) is 16.7 Å². The van der Waals surface area contributed by atoms with Crippen molar-refractivity contribution in [1.82, 2.24) is 0 Å². The summed E-state index contributed by atoms with van der Waals surface area (Å²) in [7, 11) is 0. The minimum absolute atomic E-state index is 0. The van der Waals surface area contributed by atoms with Crippen molar-refractivity contribution in [2.45, 2.75) is 31.9 Å². The Bertz CT molecular complexity index is 256. The van der Waals surface area contributed by atoms with Gasteiger partial charge < -0.3 is 10.8 Å². The molecule has 0 radical (unpaired) electrons. The van der Waals surface area contributed by atoms with Gasteiger partial charge in [-0.3, -0.25) is 0 Å².